The topological polar surface area (TPSA) is 67.2 Å². The number of anilines is 1. The summed E-state index contributed by atoms with van der Waals surface area (Å²) in [6, 6.07) is 7.28. The molecule has 0 atom stereocenters. The molecule has 4 heteroatoms. The Morgan fingerprint density at radius 1 is 1.50 bits per heavy atom. The molecule has 1 rings (SSSR count). The molecule has 76 valence electrons. The molecule has 0 heterocycles. The van der Waals surface area contributed by atoms with Gasteiger partial charge in [0.15, 0.2) is 0 Å². The van der Waals surface area contributed by atoms with E-state index in [0.29, 0.717) is 13.1 Å². The average molecular weight is 193 g/mol. The average Bonchev–Trinajstić information content (AvgIpc) is 2.18. The van der Waals surface area contributed by atoms with Crippen molar-refractivity contribution in [3.63, 3.8) is 0 Å². The van der Waals surface area contributed by atoms with Crippen LogP contribution in [-0.2, 0) is 6.54 Å². The third-order valence-corrected chi connectivity index (χ3v) is 1.76. The fraction of sp³-hybridized carbons (Fsp3) is 0.300. The Balaban J connectivity index is 2.62. The molecule has 2 amide bonds. The number of nitrogens with two attached hydrogens (primary N) is 1. The van der Waals surface area contributed by atoms with Crippen molar-refractivity contribution in [1.82, 2.24) is 5.32 Å². The molecule has 14 heavy (non-hydrogen) atoms. The van der Waals surface area contributed by atoms with Crippen LogP contribution in [-0.4, -0.2) is 12.6 Å². The predicted molar refractivity (Wildman–Crippen MR) is 57.0 cm³/mol. The smallest absolute Gasteiger partial charge is 0.319 e. The number of urea groups is 1. The highest BCUT2D eigenvalue weighted by atomic mass is 16.2. The molecule has 0 spiro atoms. The van der Waals surface area contributed by atoms with Crippen molar-refractivity contribution in [1.29, 1.82) is 0 Å². The molecule has 4 nitrogen and oxygen atoms in total. The Morgan fingerprint density at radius 2 is 2.29 bits per heavy atom. The van der Waals surface area contributed by atoms with Crippen molar-refractivity contribution >= 4 is 11.7 Å². The summed E-state index contributed by atoms with van der Waals surface area (Å²) in [5.41, 5.74) is 7.24. The van der Waals surface area contributed by atoms with Crippen molar-refractivity contribution in [3.8, 4) is 0 Å². The van der Waals surface area contributed by atoms with Gasteiger partial charge in [0.2, 0.25) is 0 Å². The first-order chi connectivity index (χ1) is 6.76. The highest BCUT2D eigenvalue weighted by molar-refractivity contribution is 5.89. The molecule has 0 bridgehead atoms. The molecule has 1 aromatic rings. The minimum atomic E-state index is -0.193. The Morgan fingerprint density at radius 3 is 2.93 bits per heavy atom. The van der Waals surface area contributed by atoms with E-state index >= 15 is 0 Å². The fourth-order valence-corrected chi connectivity index (χ4v) is 1.11. The van der Waals surface area contributed by atoms with Crippen LogP contribution in [0.1, 0.15) is 12.5 Å². The van der Waals surface area contributed by atoms with E-state index in [2.05, 4.69) is 10.6 Å². The van der Waals surface area contributed by atoms with E-state index in [-0.39, 0.29) is 6.03 Å². The van der Waals surface area contributed by atoms with E-state index in [1.807, 2.05) is 31.2 Å². The molecular formula is C10H15N3O. The summed E-state index contributed by atoms with van der Waals surface area (Å²) in [6.07, 6.45) is 0. The maximum absolute atomic E-state index is 11.2. The lowest BCUT2D eigenvalue weighted by molar-refractivity contribution is 0.252. The molecule has 0 aliphatic heterocycles. The normalized spacial score (nSPS) is 9.57. The Kier molecular flexibility index (Phi) is 3.94. The van der Waals surface area contributed by atoms with E-state index in [1.54, 1.807) is 0 Å². The molecule has 0 fully saturated rings. The SMILES string of the molecule is CCNC(=O)Nc1cccc(CN)c1. The summed E-state index contributed by atoms with van der Waals surface area (Å²) >= 11 is 0. The second-order valence-corrected chi connectivity index (χ2v) is 2.89. The second kappa shape index (κ2) is 5.24. The van der Waals surface area contributed by atoms with Crippen LogP contribution < -0.4 is 16.4 Å². The third-order valence-electron chi connectivity index (χ3n) is 1.76. The van der Waals surface area contributed by atoms with Crippen LogP contribution in [0.4, 0.5) is 10.5 Å². The van der Waals surface area contributed by atoms with Crippen LogP contribution >= 0.6 is 0 Å². The zero-order valence-corrected chi connectivity index (χ0v) is 8.21. The lowest BCUT2D eigenvalue weighted by Gasteiger charge is -2.06. The third kappa shape index (κ3) is 3.06. The number of hydrogen-bond acceptors (Lipinski definition) is 2. The summed E-state index contributed by atoms with van der Waals surface area (Å²) in [5.74, 6) is 0. The lowest BCUT2D eigenvalue weighted by atomic mass is 10.2. The van der Waals surface area contributed by atoms with Gasteiger partial charge in [-0.2, -0.15) is 0 Å². The van der Waals surface area contributed by atoms with Gasteiger partial charge < -0.3 is 16.4 Å². The molecule has 4 N–H and O–H groups in total. The van der Waals surface area contributed by atoms with Crippen LogP contribution in [0.15, 0.2) is 24.3 Å². The number of carbonyl (C=O) groups excluding carboxylic acids is 1. The first-order valence-corrected chi connectivity index (χ1v) is 4.60. The number of carbonyl (C=O) groups is 1. The van der Waals surface area contributed by atoms with Gasteiger partial charge in [0, 0.05) is 18.8 Å². The molecule has 0 saturated carbocycles. The fourth-order valence-electron chi connectivity index (χ4n) is 1.11. The first-order valence-electron chi connectivity index (χ1n) is 4.60. The van der Waals surface area contributed by atoms with Crippen molar-refractivity contribution in [2.75, 3.05) is 11.9 Å². The number of hydrogen-bond donors (Lipinski definition) is 3. The maximum Gasteiger partial charge on any atom is 0.319 e. The van der Waals surface area contributed by atoms with Crippen LogP contribution in [0.3, 0.4) is 0 Å². The Labute approximate surface area is 83.5 Å². The number of nitrogens with one attached hydrogen (secondary N) is 2. The minimum Gasteiger partial charge on any atom is -0.338 e. The molecule has 0 aliphatic carbocycles. The lowest BCUT2D eigenvalue weighted by Crippen LogP contribution is -2.28. The van der Waals surface area contributed by atoms with E-state index in [1.165, 1.54) is 0 Å². The Hall–Kier alpha value is -1.55. The van der Waals surface area contributed by atoms with Gasteiger partial charge in [0.05, 0.1) is 0 Å². The molecule has 0 saturated heterocycles. The van der Waals surface area contributed by atoms with Crippen LogP contribution in [0.5, 0.6) is 0 Å². The highest BCUT2D eigenvalue weighted by Gasteiger charge is 1.99. The van der Waals surface area contributed by atoms with Crippen molar-refractivity contribution in [2.24, 2.45) is 5.73 Å². The molecule has 0 radical (unpaired) electrons. The van der Waals surface area contributed by atoms with E-state index in [0.717, 1.165) is 11.3 Å². The molecular weight excluding hydrogens is 178 g/mol. The van der Waals surface area contributed by atoms with Crippen molar-refractivity contribution in [3.05, 3.63) is 29.8 Å². The molecule has 0 aliphatic rings. The largest absolute Gasteiger partial charge is 0.338 e. The second-order valence-electron chi connectivity index (χ2n) is 2.89. The minimum absolute atomic E-state index is 0.193. The molecule has 0 aromatic heterocycles. The monoisotopic (exact) mass is 193 g/mol. The summed E-state index contributed by atoms with van der Waals surface area (Å²) in [4.78, 5) is 11.2. The van der Waals surface area contributed by atoms with Gasteiger partial charge in [-0.15, -0.1) is 0 Å². The van der Waals surface area contributed by atoms with Crippen LogP contribution in [0.2, 0.25) is 0 Å². The maximum atomic E-state index is 11.2. The summed E-state index contributed by atoms with van der Waals surface area (Å²) in [5, 5.41) is 5.36. The molecule has 1 aromatic carbocycles. The van der Waals surface area contributed by atoms with Crippen LogP contribution in [0, 0.1) is 0 Å². The zero-order chi connectivity index (χ0) is 10.4. The standard InChI is InChI=1S/C10H15N3O/c1-2-12-10(14)13-9-5-3-4-8(6-9)7-11/h3-6H,2,7,11H2,1H3,(H2,12,13,14). The van der Waals surface area contributed by atoms with Crippen LogP contribution in [0.25, 0.3) is 0 Å². The first kappa shape index (κ1) is 10.5. The predicted octanol–water partition coefficient (Wildman–Crippen LogP) is 1.29. The summed E-state index contributed by atoms with van der Waals surface area (Å²) < 4.78 is 0. The van der Waals surface area contributed by atoms with Gasteiger partial charge in [0.25, 0.3) is 0 Å². The summed E-state index contributed by atoms with van der Waals surface area (Å²) in [6.45, 7) is 2.96. The van der Waals surface area contributed by atoms with E-state index in [4.69, 9.17) is 5.73 Å². The van der Waals surface area contributed by atoms with E-state index in [9.17, 15) is 4.79 Å². The quantitative estimate of drug-likeness (QED) is 0.677. The molecule has 0 unspecified atom stereocenters. The van der Waals surface area contributed by atoms with Gasteiger partial charge >= 0.3 is 6.03 Å². The number of rotatable bonds is 3. The van der Waals surface area contributed by atoms with Gasteiger partial charge in [-0.1, -0.05) is 12.1 Å². The summed E-state index contributed by atoms with van der Waals surface area (Å²) in [7, 11) is 0. The number of benzene rings is 1. The Bertz CT molecular complexity index is 312. The number of amides is 2. The van der Waals surface area contributed by atoms with Crippen molar-refractivity contribution in [2.45, 2.75) is 13.5 Å². The van der Waals surface area contributed by atoms with Gasteiger partial charge in [-0.25, -0.2) is 4.79 Å². The van der Waals surface area contributed by atoms with Gasteiger partial charge in [0.1, 0.15) is 0 Å². The van der Waals surface area contributed by atoms with E-state index < -0.39 is 0 Å². The van der Waals surface area contributed by atoms with Gasteiger partial charge in [-0.3, -0.25) is 0 Å². The zero-order valence-electron chi connectivity index (χ0n) is 8.21. The highest BCUT2D eigenvalue weighted by Crippen LogP contribution is 2.09. The van der Waals surface area contributed by atoms with Crippen molar-refractivity contribution < 1.29 is 4.79 Å². The van der Waals surface area contributed by atoms with Gasteiger partial charge in [-0.05, 0) is 24.6 Å².